The normalized spacial score (nSPS) is 29.8. The molecule has 2 aliphatic rings. The Bertz CT molecular complexity index is 287. The van der Waals surface area contributed by atoms with Crippen LogP contribution in [-0.2, 0) is 4.79 Å². The van der Waals surface area contributed by atoms with Crippen molar-refractivity contribution < 1.29 is 4.79 Å². The van der Waals surface area contributed by atoms with Crippen LogP contribution < -0.4 is 5.32 Å². The van der Waals surface area contributed by atoms with Gasteiger partial charge < -0.3 is 9.80 Å². The molecule has 2 rings (SSSR count). The summed E-state index contributed by atoms with van der Waals surface area (Å²) in [5.41, 5.74) is 0. The fraction of sp³-hybridized carbons (Fsp3) is 0.929. The van der Waals surface area contributed by atoms with Crippen molar-refractivity contribution in [2.45, 2.75) is 52.2 Å². The van der Waals surface area contributed by atoms with Gasteiger partial charge in [0.2, 0.25) is 5.91 Å². The third-order valence-corrected chi connectivity index (χ3v) is 4.05. The van der Waals surface area contributed by atoms with Crippen LogP contribution in [0.4, 0.5) is 0 Å². The van der Waals surface area contributed by atoms with E-state index < -0.39 is 0 Å². The summed E-state index contributed by atoms with van der Waals surface area (Å²) >= 11 is 0. The Morgan fingerprint density at radius 2 is 1.94 bits per heavy atom. The van der Waals surface area contributed by atoms with Crippen LogP contribution in [0.15, 0.2) is 0 Å². The number of amides is 1. The molecule has 0 aromatic rings. The van der Waals surface area contributed by atoms with Crippen LogP contribution in [0.25, 0.3) is 0 Å². The Kier molecular flexibility index (Phi) is 4.62. The molecule has 0 bridgehead atoms. The van der Waals surface area contributed by atoms with E-state index in [1.807, 2.05) is 4.90 Å². The summed E-state index contributed by atoms with van der Waals surface area (Å²) in [5, 5.41) is 3.42. The van der Waals surface area contributed by atoms with Gasteiger partial charge in [-0.05, 0) is 45.2 Å². The van der Waals surface area contributed by atoms with Gasteiger partial charge in [-0.2, -0.15) is 0 Å². The van der Waals surface area contributed by atoms with Crippen molar-refractivity contribution in [3.63, 3.8) is 0 Å². The second-order valence-electron chi connectivity index (χ2n) is 6.11. The fourth-order valence-corrected chi connectivity index (χ4v) is 3.04. The van der Waals surface area contributed by atoms with Gasteiger partial charge in [-0.3, -0.25) is 10.1 Å². The van der Waals surface area contributed by atoms with Crippen molar-refractivity contribution in [1.82, 2.24) is 15.1 Å². The van der Waals surface area contributed by atoms with Crippen molar-refractivity contribution in [1.29, 1.82) is 0 Å². The first kappa shape index (κ1) is 13.8. The molecule has 0 spiro atoms. The molecule has 18 heavy (non-hydrogen) atoms. The summed E-state index contributed by atoms with van der Waals surface area (Å²) in [6, 6.07) is 0.0404. The van der Waals surface area contributed by atoms with Crippen LogP contribution in [0, 0.1) is 5.92 Å². The van der Waals surface area contributed by atoms with Crippen LogP contribution >= 0.6 is 0 Å². The monoisotopic (exact) mass is 253 g/mol. The predicted octanol–water partition coefficient (Wildman–Crippen LogP) is 1.27. The summed E-state index contributed by atoms with van der Waals surface area (Å²) in [6.07, 6.45) is 3.78. The van der Waals surface area contributed by atoms with Crippen LogP contribution in [0.5, 0.6) is 0 Å². The maximum atomic E-state index is 12.3. The molecule has 0 aromatic heterocycles. The summed E-state index contributed by atoms with van der Waals surface area (Å²) in [4.78, 5) is 16.8. The highest BCUT2D eigenvalue weighted by molar-refractivity contribution is 5.84. The van der Waals surface area contributed by atoms with E-state index in [1.165, 1.54) is 25.9 Å². The smallest absolute Gasteiger partial charge is 0.241 e. The molecule has 2 heterocycles. The minimum atomic E-state index is 0.0404. The molecule has 1 amide bonds. The highest BCUT2D eigenvalue weighted by Gasteiger charge is 2.36. The number of hydrogen-bond donors (Lipinski definition) is 1. The lowest BCUT2D eigenvalue weighted by molar-refractivity contribution is -0.130. The van der Waals surface area contributed by atoms with E-state index in [9.17, 15) is 4.79 Å². The molecule has 0 radical (unpaired) electrons. The van der Waals surface area contributed by atoms with Crippen molar-refractivity contribution in [2.24, 2.45) is 5.92 Å². The Morgan fingerprint density at radius 3 is 2.56 bits per heavy atom. The highest BCUT2D eigenvalue weighted by Crippen LogP contribution is 2.17. The zero-order valence-electron chi connectivity index (χ0n) is 12.0. The van der Waals surface area contributed by atoms with E-state index >= 15 is 0 Å². The van der Waals surface area contributed by atoms with E-state index in [-0.39, 0.29) is 12.2 Å². The molecule has 1 N–H and O–H groups in total. The number of likely N-dealkylation sites (tertiary alicyclic amines) is 1. The number of nitrogens with zero attached hydrogens (tertiary/aromatic N) is 2. The summed E-state index contributed by atoms with van der Waals surface area (Å²) in [7, 11) is 0. The van der Waals surface area contributed by atoms with E-state index in [4.69, 9.17) is 0 Å². The minimum Gasteiger partial charge on any atom is -0.325 e. The molecular weight excluding hydrogens is 226 g/mol. The summed E-state index contributed by atoms with van der Waals surface area (Å²) < 4.78 is 0. The largest absolute Gasteiger partial charge is 0.325 e. The van der Waals surface area contributed by atoms with Gasteiger partial charge in [0, 0.05) is 13.1 Å². The first-order chi connectivity index (χ1) is 8.58. The van der Waals surface area contributed by atoms with Crippen molar-refractivity contribution in [3.8, 4) is 0 Å². The molecular formula is C14H27N3O. The average molecular weight is 253 g/mol. The molecule has 2 fully saturated rings. The lowest BCUT2D eigenvalue weighted by Gasteiger charge is -2.24. The van der Waals surface area contributed by atoms with Crippen LogP contribution in [0.2, 0.25) is 0 Å². The molecule has 2 saturated heterocycles. The Hall–Kier alpha value is -0.610. The van der Waals surface area contributed by atoms with E-state index in [2.05, 4.69) is 31.0 Å². The van der Waals surface area contributed by atoms with Gasteiger partial charge in [-0.15, -0.1) is 0 Å². The molecule has 0 saturated carbocycles. The molecule has 0 aliphatic carbocycles. The van der Waals surface area contributed by atoms with Gasteiger partial charge in [0.05, 0.1) is 12.2 Å². The lowest BCUT2D eigenvalue weighted by atomic mass is 10.0. The van der Waals surface area contributed by atoms with E-state index in [0.29, 0.717) is 11.8 Å². The van der Waals surface area contributed by atoms with Crippen LogP contribution in [-0.4, -0.2) is 54.1 Å². The molecule has 4 heteroatoms. The zero-order valence-corrected chi connectivity index (χ0v) is 12.0. The first-order valence-electron chi connectivity index (χ1n) is 7.37. The van der Waals surface area contributed by atoms with Gasteiger partial charge in [0.1, 0.15) is 0 Å². The number of carbonyl (C=O) groups excluding carboxylic acids is 1. The number of carbonyl (C=O) groups is 1. The second-order valence-corrected chi connectivity index (χ2v) is 6.11. The Balaban J connectivity index is 1.82. The Labute approximate surface area is 111 Å². The molecule has 2 unspecified atom stereocenters. The lowest BCUT2D eigenvalue weighted by Crippen LogP contribution is -2.40. The highest BCUT2D eigenvalue weighted by atomic mass is 16.2. The van der Waals surface area contributed by atoms with E-state index in [0.717, 1.165) is 19.5 Å². The van der Waals surface area contributed by atoms with Crippen LogP contribution in [0.1, 0.15) is 40.0 Å². The quantitative estimate of drug-likeness (QED) is 0.801. The third kappa shape index (κ3) is 3.23. The Morgan fingerprint density at radius 1 is 1.28 bits per heavy atom. The van der Waals surface area contributed by atoms with Gasteiger partial charge in [-0.25, -0.2) is 0 Å². The molecule has 0 aromatic carbocycles. The molecule has 2 aliphatic heterocycles. The topological polar surface area (TPSA) is 35.6 Å². The van der Waals surface area contributed by atoms with Crippen molar-refractivity contribution >= 4 is 5.91 Å². The van der Waals surface area contributed by atoms with Gasteiger partial charge in [-0.1, -0.05) is 13.8 Å². The summed E-state index contributed by atoms with van der Waals surface area (Å²) in [5.74, 6) is 0.868. The summed E-state index contributed by atoms with van der Waals surface area (Å²) in [6.45, 7) is 10.8. The van der Waals surface area contributed by atoms with Crippen molar-refractivity contribution in [3.05, 3.63) is 0 Å². The van der Waals surface area contributed by atoms with Gasteiger partial charge in [0.15, 0.2) is 0 Å². The second kappa shape index (κ2) is 6.02. The first-order valence-corrected chi connectivity index (χ1v) is 7.37. The number of nitrogens with one attached hydrogen (secondary N) is 1. The fourth-order valence-electron chi connectivity index (χ4n) is 3.04. The zero-order chi connectivity index (χ0) is 13.1. The third-order valence-electron chi connectivity index (χ3n) is 4.05. The minimum absolute atomic E-state index is 0.0404. The molecule has 2 atom stereocenters. The van der Waals surface area contributed by atoms with Gasteiger partial charge in [0.25, 0.3) is 0 Å². The predicted molar refractivity (Wildman–Crippen MR) is 73.2 cm³/mol. The van der Waals surface area contributed by atoms with E-state index in [1.54, 1.807) is 0 Å². The van der Waals surface area contributed by atoms with Crippen molar-refractivity contribution in [2.75, 3.05) is 26.2 Å². The van der Waals surface area contributed by atoms with Crippen LogP contribution in [0.3, 0.4) is 0 Å². The van der Waals surface area contributed by atoms with Gasteiger partial charge >= 0.3 is 0 Å². The maximum absolute atomic E-state index is 12.3. The SMILES string of the molecule is CC(C)CC1NC(C)N(CCN2CCCC2)C1=O. The average Bonchev–Trinajstić information content (AvgIpc) is 2.87. The molecule has 4 nitrogen and oxygen atoms in total. The maximum Gasteiger partial charge on any atom is 0.241 e. The standard InChI is InChI=1S/C14H27N3O/c1-11(2)10-13-14(18)17(12(3)15-13)9-8-16-6-4-5-7-16/h11-13,15H,4-10H2,1-3H3. The molecule has 104 valence electrons. The number of rotatable bonds is 5. The number of hydrogen-bond acceptors (Lipinski definition) is 3.